The smallest absolute Gasteiger partial charge is 0.199 e. The van der Waals surface area contributed by atoms with Crippen LogP contribution in [0.5, 0.6) is 5.75 Å². The quantitative estimate of drug-likeness (QED) is 0.782. The predicted molar refractivity (Wildman–Crippen MR) is 63.4 cm³/mol. The second kappa shape index (κ2) is 3.10. The number of ether oxygens (including phenoxy) is 2. The number of hydrogen-bond acceptors (Lipinski definition) is 3. The van der Waals surface area contributed by atoms with E-state index in [2.05, 4.69) is 19.1 Å². The Hall–Kier alpha value is -1.35. The maximum absolute atomic E-state index is 12.0. The molecular formula is C14H16O3. The van der Waals surface area contributed by atoms with Crippen molar-refractivity contribution >= 4 is 5.78 Å². The van der Waals surface area contributed by atoms with Crippen molar-refractivity contribution in [3.05, 3.63) is 29.3 Å². The Morgan fingerprint density at radius 2 is 2.24 bits per heavy atom. The van der Waals surface area contributed by atoms with Gasteiger partial charge in [-0.25, -0.2) is 0 Å². The van der Waals surface area contributed by atoms with Crippen LogP contribution in [0.15, 0.2) is 18.2 Å². The lowest BCUT2D eigenvalue weighted by Gasteiger charge is -2.49. The topological polar surface area (TPSA) is 35.5 Å². The molecule has 3 rings (SSSR count). The van der Waals surface area contributed by atoms with Crippen LogP contribution in [0.3, 0.4) is 0 Å². The molecule has 2 aliphatic rings. The minimum Gasteiger partial charge on any atom is -0.476 e. The standard InChI is InChI=1S/C14H16O3/c1-9-4-5-10-11(6-9)17-14(8-16-3)12(15)7-13(10,14)2/h4-6H,7-8H2,1-3H3. The van der Waals surface area contributed by atoms with Gasteiger partial charge < -0.3 is 9.47 Å². The zero-order valence-electron chi connectivity index (χ0n) is 10.4. The van der Waals surface area contributed by atoms with Crippen molar-refractivity contribution in [3.8, 4) is 5.75 Å². The molecule has 2 atom stereocenters. The molecule has 0 amide bonds. The van der Waals surface area contributed by atoms with Gasteiger partial charge in [0.05, 0.1) is 12.0 Å². The lowest BCUT2D eigenvalue weighted by molar-refractivity contribution is -0.163. The van der Waals surface area contributed by atoms with E-state index < -0.39 is 5.60 Å². The Balaban J connectivity index is 2.13. The molecule has 0 spiro atoms. The van der Waals surface area contributed by atoms with Crippen LogP contribution >= 0.6 is 0 Å². The second-order valence-electron chi connectivity index (χ2n) is 5.29. The molecule has 1 aromatic carbocycles. The summed E-state index contributed by atoms with van der Waals surface area (Å²) in [7, 11) is 1.61. The second-order valence-corrected chi connectivity index (χ2v) is 5.29. The van der Waals surface area contributed by atoms with Gasteiger partial charge in [0.2, 0.25) is 0 Å². The summed E-state index contributed by atoms with van der Waals surface area (Å²) in [6.07, 6.45) is 0.548. The predicted octanol–water partition coefficient (Wildman–Crippen LogP) is 2.00. The Kier molecular flexibility index (Phi) is 1.97. The number of ketones is 1. The lowest BCUT2D eigenvalue weighted by Crippen LogP contribution is -2.68. The van der Waals surface area contributed by atoms with Gasteiger partial charge in [0.25, 0.3) is 0 Å². The van der Waals surface area contributed by atoms with E-state index in [0.717, 1.165) is 16.9 Å². The third-order valence-electron chi connectivity index (χ3n) is 4.22. The van der Waals surface area contributed by atoms with E-state index >= 15 is 0 Å². The molecule has 0 N–H and O–H groups in total. The fraction of sp³-hybridized carbons (Fsp3) is 0.500. The highest BCUT2D eigenvalue weighted by Crippen LogP contribution is 2.59. The van der Waals surface area contributed by atoms with Gasteiger partial charge in [-0.1, -0.05) is 19.1 Å². The number of rotatable bonds is 2. The first-order valence-electron chi connectivity index (χ1n) is 5.86. The number of fused-ring (bicyclic) bond motifs is 3. The van der Waals surface area contributed by atoms with Gasteiger partial charge in [0, 0.05) is 19.1 Å². The van der Waals surface area contributed by atoms with Crippen LogP contribution < -0.4 is 4.74 Å². The van der Waals surface area contributed by atoms with E-state index in [1.807, 2.05) is 13.0 Å². The average molecular weight is 232 g/mol. The molecule has 0 saturated heterocycles. The molecule has 0 aromatic heterocycles. The molecule has 90 valence electrons. The number of carbonyl (C=O) groups is 1. The molecule has 1 fully saturated rings. The minimum atomic E-state index is -0.780. The van der Waals surface area contributed by atoms with Crippen LogP contribution in [0.2, 0.25) is 0 Å². The van der Waals surface area contributed by atoms with Crippen molar-refractivity contribution in [3.63, 3.8) is 0 Å². The van der Waals surface area contributed by atoms with E-state index in [-0.39, 0.29) is 11.2 Å². The number of carbonyl (C=O) groups excluding carboxylic acids is 1. The fourth-order valence-corrected chi connectivity index (χ4v) is 3.12. The number of aryl methyl sites for hydroxylation is 1. The zero-order chi connectivity index (χ0) is 12.3. The number of benzene rings is 1. The number of Topliss-reactive ketones (excluding diaryl/α,β-unsaturated/α-hetero) is 1. The Morgan fingerprint density at radius 3 is 2.88 bits per heavy atom. The van der Waals surface area contributed by atoms with Crippen molar-refractivity contribution < 1.29 is 14.3 Å². The molecule has 3 heteroatoms. The molecule has 1 aliphatic heterocycles. The van der Waals surface area contributed by atoms with Gasteiger partial charge in [-0.2, -0.15) is 0 Å². The minimum absolute atomic E-state index is 0.149. The van der Waals surface area contributed by atoms with Gasteiger partial charge in [-0.15, -0.1) is 0 Å². The largest absolute Gasteiger partial charge is 0.476 e. The molecule has 0 bridgehead atoms. The summed E-state index contributed by atoms with van der Waals surface area (Å²) in [5.41, 5.74) is 1.29. The molecule has 1 saturated carbocycles. The van der Waals surface area contributed by atoms with Crippen molar-refractivity contribution in [2.24, 2.45) is 0 Å². The van der Waals surface area contributed by atoms with Gasteiger partial charge in [0.1, 0.15) is 5.75 Å². The summed E-state index contributed by atoms with van der Waals surface area (Å²) in [4.78, 5) is 12.0. The summed E-state index contributed by atoms with van der Waals surface area (Å²) >= 11 is 0. The highest BCUT2D eigenvalue weighted by Gasteiger charge is 2.70. The Labute approximate surface area is 101 Å². The Morgan fingerprint density at radius 1 is 1.47 bits per heavy atom. The maximum atomic E-state index is 12.0. The van der Waals surface area contributed by atoms with Crippen molar-refractivity contribution in [2.45, 2.75) is 31.3 Å². The third-order valence-corrected chi connectivity index (χ3v) is 4.22. The third kappa shape index (κ3) is 1.08. The molecule has 0 radical (unpaired) electrons. The first-order chi connectivity index (χ1) is 8.03. The van der Waals surface area contributed by atoms with Crippen LogP contribution in [0.4, 0.5) is 0 Å². The van der Waals surface area contributed by atoms with Gasteiger partial charge in [-0.05, 0) is 18.6 Å². The van der Waals surface area contributed by atoms with Crippen LogP contribution in [0, 0.1) is 6.92 Å². The molecule has 1 aliphatic carbocycles. The molecule has 1 heterocycles. The van der Waals surface area contributed by atoms with Crippen LogP contribution in [0.25, 0.3) is 0 Å². The molecule has 17 heavy (non-hydrogen) atoms. The summed E-state index contributed by atoms with van der Waals surface area (Å²) in [6.45, 7) is 4.45. The van der Waals surface area contributed by atoms with E-state index in [9.17, 15) is 4.79 Å². The van der Waals surface area contributed by atoms with Crippen molar-refractivity contribution in [1.82, 2.24) is 0 Å². The SMILES string of the molecule is COCC12Oc3cc(C)ccc3C1(C)CC2=O. The lowest BCUT2D eigenvalue weighted by atomic mass is 9.55. The Bertz CT molecular complexity index is 508. The zero-order valence-corrected chi connectivity index (χ0v) is 10.4. The highest BCUT2D eigenvalue weighted by molar-refractivity contribution is 6.00. The van der Waals surface area contributed by atoms with E-state index in [1.54, 1.807) is 7.11 Å². The summed E-state index contributed by atoms with van der Waals surface area (Å²) in [5.74, 6) is 0.992. The van der Waals surface area contributed by atoms with Gasteiger partial charge in [0.15, 0.2) is 11.4 Å². The van der Waals surface area contributed by atoms with E-state index in [0.29, 0.717) is 13.0 Å². The van der Waals surface area contributed by atoms with Gasteiger partial charge in [-0.3, -0.25) is 4.79 Å². The highest BCUT2D eigenvalue weighted by atomic mass is 16.6. The van der Waals surface area contributed by atoms with E-state index in [4.69, 9.17) is 9.47 Å². The maximum Gasteiger partial charge on any atom is 0.199 e. The number of hydrogen-bond donors (Lipinski definition) is 0. The summed E-state index contributed by atoms with van der Waals surface area (Å²) in [6, 6.07) is 6.15. The van der Waals surface area contributed by atoms with Crippen LogP contribution in [0.1, 0.15) is 24.5 Å². The van der Waals surface area contributed by atoms with Crippen LogP contribution in [-0.2, 0) is 14.9 Å². The molecule has 2 unspecified atom stereocenters. The molecule has 1 aromatic rings. The fourth-order valence-electron chi connectivity index (χ4n) is 3.12. The first-order valence-corrected chi connectivity index (χ1v) is 5.86. The van der Waals surface area contributed by atoms with E-state index in [1.165, 1.54) is 0 Å². The molecular weight excluding hydrogens is 216 g/mol. The van der Waals surface area contributed by atoms with Crippen molar-refractivity contribution in [1.29, 1.82) is 0 Å². The monoisotopic (exact) mass is 232 g/mol. The average Bonchev–Trinajstić information content (AvgIpc) is 2.45. The normalized spacial score (nSPS) is 33.7. The summed E-state index contributed by atoms with van der Waals surface area (Å²) in [5, 5.41) is 0. The molecule has 3 nitrogen and oxygen atoms in total. The van der Waals surface area contributed by atoms with Crippen molar-refractivity contribution in [2.75, 3.05) is 13.7 Å². The van der Waals surface area contributed by atoms with Crippen LogP contribution in [-0.4, -0.2) is 25.1 Å². The van der Waals surface area contributed by atoms with Gasteiger partial charge >= 0.3 is 0 Å². The summed E-state index contributed by atoms with van der Waals surface area (Å²) < 4.78 is 11.2. The number of methoxy groups -OCH3 is 1. The first kappa shape index (κ1) is 10.8.